The largest absolute Gasteiger partial charge is 0.381 e. The lowest BCUT2D eigenvalue weighted by atomic mass is 10.1. The molecule has 1 heterocycles. The summed E-state index contributed by atoms with van der Waals surface area (Å²) in [5.74, 6) is 1.44. The highest BCUT2D eigenvalue weighted by Gasteiger charge is 2.15. The van der Waals surface area contributed by atoms with Crippen LogP contribution in [-0.4, -0.2) is 51.5 Å². The predicted octanol–water partition coefficient (Wildman–Crippen LogP) is 1.39. The first-order chi connectivity index (χ1) is 9.01. The molecule has 5 heteroatoms. The number of aliphatic imine (C=N–C) groups is 1. The van der Waals surface area contributed by atoms with Gasteiger partial charge >= 0.3 is 0 Å². The number of nitrogens with zero attached hydrogens (tertiary/aromatic N) is 1. The molecule has 1 rings (SSSR count). The minimum absolute atomic E-state index is 0.0286. The van der Waals surface area contributed by atoms with Crippen LogP contribution < -0.4 is 10.6 Å². The van der Waals surface area contributed by atoms with Crippen molar-refractivity contribution in [2.45, 2.75) is 39.2 Å². The highest BCUT2D eigenvalue weighted by molar-refractivity contribution is 5.80. The van der Waals surface area contributed by atoms with Gasteiger partial charge in [0.15, 0.2) is 5.96 Å². The fourth-order valence-electron chi connectivity index (χ4n) is 1.88. The van der Waals surface area contributed by atoms with Gasteiger partial charge in [0.25, 0.3) is 0 Å². The number of guanidine groups is 1. The summed E-state index contributed by atoms with van der Waals surface area (Å²) >= 11 is 0. The van der Waals surface area contributed by atoms with Crippen LogP contribution in [0.3, 0.4) is 0 Å². The fourth-order valence-corrected chi connectivity index (χ4v) is 1.88. The van der Waals surface area contributed by atoms with Crippen LogP contribution in [0.15, 0.2) is 4.99 Å². The Balaban J connectivity index is 1.99. The zero-order valence-electron chi connectivity index (χ0n) is 12.8. The molecule has 0 bridgehead atoms. The van der Waals surface area contributed by atoms with E-state index < -0.39 is 0 Å². The fraction of sp³-hybridized carbons (Fsp3) is 0.929. The first kappa shape index (κ1) is 16.2. The molecule has 1 saturated heterocycles. The lowest BCUT2D eigenvalue weighted by molar-refractivity contribution is 0.0888. The van der Waals surface area contributed by atoms with E-state index in [-0.39, 0.29) is 5.54 Å². The van der Waals surface area contributed by atoms with Gasteiger partial charge in [0.2, 0.25) is 0 Å². The second kappa shape index (κ2) is 8.38. The van der Waals surface area contributed by atoms with E-state index in [0.29, 0.717) is 5.92 Å². The number of hydrogen-bond acceptors (Lipinski definition) is 3. The van der Waals surface area contributed by atoms with Gasteiger partial charge in [-0.25, -0.2) is 0 Å². The molecule has 1 aliphatic heterocycles. The molecule has 0 aromatic rings. The summed E-state index contributed by atoms with van der Waals surface area (Å²) in [6.45, 7) is 10.6. The van der Waals surface area contributed by atoms with Gasteiger partial charge in [-0.15, -0.1) is 0 Å². The minimum atomic E-state index is 0.0286. The van der Waals surface area contributed by atoms with Gasteiger partial charge in [-0.05, 0) is 33.6 Å². The van der Waals surface area contributed by atoms with Gasteiger partial charge in [0.05, 0.1) is 13.2 Å². The molecule has 0 saturated carbocycles. The van der Waals surface area contributed by atoms with Gasteiger partial charge in [0, 0.05) is 38.3 Å². The van der Waals surface area contributed by atoms with Crippen LogP contribution in [0.5, 0.6) is 0 Å². The molecule has 19 heavy (non-hydrogen) atoms. The highest BCUT2D eigenvalue weighted by atomic mass is 16.5. The number of rotatable bonds is 6. The van der Waals surface area contributed by atoms with Crippen molar-refractivity contribution in [2.75, 3.05) is 40.0 Å². The van der Waals surface area contributed by atoms with E-state index >= 15 is 0 Å². The molecule has 1 aliphatic rings. The summed E-state index contributed by atoms with van der Waals surface area (Å²) in [6.07, 6.45) is 2.12. The molecule has 5 nitrogen and oxygen atoms in total. The van der Waals surface area contributed by atoms with Gasteiger partial charge in [-0.2, -0.15) is 0 Å². The Kier molecular flexibility index (Phi) is 7.16. The minimum Gasteiger partial charge on any atom is -0.381 e. The van der Waals surface area contributed by atoms with Crippen molar-refractivity contribution in [3.63, 3.8) is 0 Å². The first-order valence-corrected chi connectivity index (χ1v) is 7.15. The maximum atomic E-state index is 5.65. The van der Waals surface area contributed by atoms with Crippen LogP contribution in [0, 0.1) is 5.92 Å². The smallest absolute Gasteiger partial charge is 0.191 e. The number of hydrogen-bond donors (Lipinski definition) is 2. The Morgan fingerprint density at radius 2 is 2.21 bits per heavy atom. The Bertz CT molecular complexity index is 268. The van der Waals surface area contributed by atoms with Gasteiger partial charge < -0.3 is 20.1 Å². The molecule has 0 aliphatic carbocycles. The van der Waals surface area contributed by atoms with E-state index in [4.69, 9.17) is 9.47 Å². The summed E-state index contributed by atoms with van der Waals surface area (Å²) in [6, 6.07) is 0. The normalized spacial score (nSPS) is 20.6. The van der Waals surface area contributed by atoms with E-state index in [2.05, 4.69) is 36.4 Å². The van der Waals surface area contributed by atoms with E-state index in [0.717, 1.165) is 51.8 Å². The van der Waals surface area contributed by atoms with Crippen molar-refractivity contribution in [3.05, 3.63) is 0 Å². The zero-order chi connectivity index (χ0) is 14.1. The number of nitrogens with one attached hydrogen (secondary N) is 2. The van der Waals surface area contributed by atoms with Crippen LogP contribution in [-0.2, 0) is 9.47 Å². The summed E-state index contributed by atoms with van der Waals surface area (Å²) in [4.78, 5) is 4.19. The van der Waals surface area contributed by atoms with Crippen LogP contribution in [0.1, 0.15) is 33.6 Å². The average Bonchev–Trinajstić information content (AvgIpc) is 2.83. The van der Waals surface area contributed by atoms with Crippen molar-refractivity contribution in [1.82, 2.24) is 10.6 Å². The molecule has 1 fully saturated rings. The summed E-state index contributed by atoms with van der Waals surface area (Å²) in [5, 5.41) is 6.61. The average molecular weight is 271 g/mol. The van der Waals surface area contributed by atoms with Crippen LogP contribution in [0.2, 0.25) is 0 Å². The molecule has 112 valence electrons. The van der Waals surface area contributed by atoms with Gasteiger partial charge in [0.1, 0.15) is 0 Å². The van der Waals surface area contributed by atoms with E-state index in [1.54, 1.807) is 7.05 Å². The SMILES string of the molecule is CN=C(NCCCOCC1CCOC1)NC(C)(C)C. The second-order valence-electron chi connectivity index (χ2n) is 6.03. The Labute approximate surface area is 117 Å². The third-order valence-corrected chi connectivity index (χ3v) is 2.85. The van der Waals surface area contributed by atoms with Crippen LogP contribution >= 0.6 is 0 Å². The second-order valence-corrected chi connectivity index (χ2v) is 6.03. The molecule has 0 amide bonds. The topological polar surface area (TPSA) is 54.9 Å². The summed E-state index contributed by atoms with van der Waals surface area (Å²) in [5.41, 5.74) is 0.0286. The van der Waals surface area contributed by atoms with Gasteiger partial charge in [-0.1, -0.05) is 0 Å². The summed E-state index contributed by atoms with van der Waals surface area (Å²) < 4.78 is 11.0. The maximum Gasteiger partial charge on any atom is 0.191 e. The molecular weight excluding hydrogens is 242 g/mol. The third kappa shape index (κ3) is 8.06. The highest BCUT2D eigenvalue weighted by Crippen LogP contribution is 2.12. The molecule has 1 unspecified atom stereocenters. The molecule has 2 N–H and O–H groups in total. The molecular formula is C14H29N3O2. The van der Waals surface area contributed by atoms with Gasteiger partial charge in [-0.3, -0.25) is 4.99 Å². The predicted molar refractivity (Wildman–Crippen MR) is 78.6 cm³/mol. The zero-order valence-corrected chi connectivity index (χ0v) is 12.8. The quantitative estimate of drug-likeness (QED) is 0.435. The number of ether oxygens (including phenoxy) is 2. The molecule has 0 aromatic heterocycles. The Morgan fingerprint density at radius 1 is 1.42 bits per heavy atom. The third-order valence-electron chi connectivity index (χ3n) is 2.85. The lowest BCUT2D eigenvalue weighted by Crippen LogP contribution is -2.47. The van der Waals surface area contributed by atoms with E-state index in [9.17, 15) is 0 Å². The molecule has 0 aromatic carbocycles. The molecule has 0 radical (unpaired) electrons. The van der Waals surface area contributed by atoms with Crippen molar-refractivity contribution >= 4 is 5.96 Å². The standard InChI is InChI=1S/C14H29N3O2/c1-14(2,3)17-13(15-4)16-7-5-8-18-10-12-6-9-19-11-12/h12H,5-11H2,1-4H3,(H2,15,16,17). The lowest BCUT2D eigenvalue weighted by Gasteiger charge is -2.23. The monoisotopic (exact) mass is 271 g/mol. The van der Waals surface area contributed by atoms with Crippen LogP contribution in [0.25, 0.3) is 0 Å². The first-order valence-electron chi connectivity index (χ1n) is 7.15. The molecule has 0 spiro atoms. The maximum absolute atomic E-state index is 5.65. The van der Waals surface area contributed by atoms with Crippen molar-refractivity contribution in [3.8, 4) is 0 Å². The molecule has 1 atom stereocenters. The van der Waals surface area contributed by atoms with E-state index in [1.165, 1.54) is 0 Å². The Morgan fingerprint density at radius 3 is 2.79 bits per heavy atom. The van der Waals surface area contributed by atoms with Crippen molar-refractivity contribution in [2.24, 2.45) is 10.9 Å². The van der Waals surface area contributed by atoms with E-state index in [1.807, 2.05) is 0 Å². The van der Waals surface area contributed by atoms with Crippen LogP contribution in [0.4, 0.5) is 0 Å². The van der Waals surface area contributed by atoms with Crippen molar-refractivity contribution < 1.29 is 9.47 Å². The van der Waals surface area contributed by atoms with Crippen molar-refractivity contribution in [1.29, 1.82) is 0 Å². The Hall–Kier alpha value is -0.810. The summed E-state index contributed by atoms with van der Waals surface area (Å²) in [7, 11) is 1.79.